The molecule has 0 bridgehead atoms. The summed E-state index contributed by atoms with van der Waals surface area (Å²) in [6.45, 7) is 4.96. The Morgan fingerprint density at radius 3 is 2.81 bits per heavy atom. The Labute approximate surface area is 95.0 Å². The van der Waals surface area contributed by atoms with Gasteiger partial charge in [0.05, 0.1) is 6.54 Å². The summed E-state index contributed by atoms with van der Waals surface area (Å²) in [6, 6.07) is 5.07. The van der Waals surface area contributed by atoms with Gasteiger partial charge in [0.2, 0.25) is 5.91 Å². The van der Waals surface area contributed by atoms with Crippen molar-refractivity contribution in [1.29, 1.82) is 0 Å². The first-order valence-electron chi connectivity index (χ1n) is 5.36. The monoisotopic (exact) mass is 224 g/mol. The Morgan fingerprint density at radius 1 is 1.44 bits per heavy atom. The molecule has 1 aromatic carbocycles. The predicted octanol–water partition coefficient (Wildman–Crippen LogP) is 1.36. The van der Waals surface area contributed by atoms with Gasteiger partial charge < -0.3 is 10.6 Å². The molecule has 1 rings (SSSR count). The van der Waals surface area contributed by atoms with Crippen LogP contribution in [-0.4, -0.2) is 19.0 Å². The first kappa shape index (κ1) is 12.6. The lowest BCUT2D eigenvalue weighted by Crippen LogP contribution is -2.33. The molecule has 16 heavy (non-hydrogen) atoms. The van der Waals surface area contributed by atoms with Gasteiger partial charge in [0.15, 0.2) is 0 Å². The molecule has 0 heterocycles. The van der Waals surface area contributed by atoms with E-state index in [1.54, 1.807) is 13.0 Å². The fourth-order valence-corrected chi connectivity index (χ4v) is 1.33. The summed E-state index contributed by atoms with van der Waals surface area (Å²) in [5.74, 6) is -0.257. The summed E-state index contributed by atoms with van der Waals surface area (Å²) in [7, 11) is 0. The summed E-state index contributed by atoms with van der Waals surface area (Å²) in [6.07, 6.45) is 0. The first-order chi connectivity index (χ1) is 7.63. The molecule has 88 valence electrons. The van der Waals surface area contributed by atoms with E-state index < -0.39 is 0 Å². The van der Waals surface area contributed by atoms with Crippen LogP contribution in [0.2, 0.25) is 0 Å². The number of halogens is 1. The maximum atomic E-state index is 13.2. The van der Waals surface area contributed by atoms with E-state index in [9.17, 15) is 9.18 Å². The maximum Gasteiger partial charge on any atom is 0.233 e. The van der Waals surface area contributed by atoms with E-state index in [1.165, 1.54) is 6.07 Å². The number of carbonyl (C=O) groups is 1. The molecule has 3 nitrogen and oxygen atoms in total. The fourth-order valence-electron chi connectivity index (χ4n) is 1.33. The van der Waals surface area contributed by atoms with Crippen molar-refractivity contribution in [3.8, 4) is 0 Å². The third-order valence-corrected chi connectivity index (χ3v) is 2.22. The Balaban J connectivity index is 2.37. The van der Waals surface area contributed by atoms with E-state index in [0.717, 1.165) is 5.56 Å². The summed E-state index contributed by atoms with van der Waals surface area (Å²) >= 11 is 0. The minimum absolute atomic E-state index is 0.0462. The highest BCUT2D eigenvalue weighted by molar-refractivity contribution is 5.77. The van der Waals surface area contributed by atoms with Crippen LogP contribution in [0.15, 0.2) is 18.2 Å². The molecular formula is C12H17FN2O. The molecule has 0 fully saturated rings. The average molecular weight is 224 g/mol. The second kappa shape index (κ2) is 6.23. The summed E-state index contributed by atoms with van der Waals surface area (Å²) < 4.78 is 13.2. The number of carbonyl (C=O) groups excluding carboxylic acids is 1. The minimum atomic E-state index is -0.211. The summed E-state index contributed by atoms with van der Waals surface area (Å²) in [5, 5.41) is 5.63. The largest absolute Gasteiger partial charge is 0.355 e. The molecule has 0 aromatic heterocycles. The van der Waals surface area contributed by atoms with Crippen molar-refractivity contribution in [2.24, 2.45) is 0 Å². The van der Waals surface area contributed by atoms with Gasteiger partial charge in [-0.25, -0.2) is 4.39 Å². The zero-order chi connectivity index (χ0) is 12.0. The first-order valence-corrected chi connectivity index (χ1v) is 5.36. The smallest absolute Gasteiger partial charge is 0.233 e. The number of hydrogen-bond acceptors (Lipinski definition) is 2. The van der Waals surface area contributed by atoms with E-state index >= 15 is 0 Å². The van der Waals surface area contributed by atoms with E-state index in [0.29, 0.717) is 18.7 Å². The lowest BCUT2D eigenvalue weighted by Gasteiger charge is -2.06. The number of rotatable bonds is 5. The molecule has 0 aliphatic heterocycles. The van der Waals surface area contributed by atoms with Gasteiger partial charge in [-0.15, -0.1) is 0 Å². The number of benzene rings is 1. The van der Waals surface area contributed by atoms with Crippen LogP contribution in [0, 0.1) is 12.7 Å². The summed E-state index contributed by atoms with van der Waals surface area (Å²) in [5.41, 5.74) is 1.47. The van der Waals surface area contributed by atoms with E-state index in [1.807, 2.05) is 13.0 Å². The van der Waals surface area contributed by atoms with Gasteiger partial charge in [-0.1, -0.05) is 12.1 Å². The molecule has 0 saturated carbocycles. The third-order valence-electron chi connectivity index (χ3n) is 2.22. The van der Waals surface area contributed by atoms with Gasteiger partial charge in [-0.05, 0) is 31.0 Å². The molecule has 0 radical (unpaired) electrons. The molecule has 0 aliphatic rings. The second-order valence-corrected chi connectivity index (χ2v) is 3.64. The Kier molecular flexibility index (Phi) is 4.92. The van der Waals surface area contributed by atoms with E-state index in [-0.39, 0.29) is 18.3 Å². The van der Waals surface area contributed by atoms with Gasteiger partial charge in [0.1, 0.15) is 5.82 Å². The second-order valence-electron chi connectivity index (χ2n) is 3.64. The normalized spacial score (nSPS) is 10.2. The third kappa shape index (κ3) is 3.98. The molecule has 2 N–H and O–H groups in total. The molecule has 1 amide bonds. The predicted molar refractivity (Wildman–Crippen MR) is 61.5 cm³/mol. The van der Waals surface area contributed by atoms with E-state index in [4.69, 9.17) is 0 Å². The molecule has 1 aromatic rings. The van der Waals surface area contributed by atoms with Crippen molar-refractivity contribution in [2.75, 3.05) is 13.1 Å². The highest BCUT2D eigenvalue weighted by Crippen LogP contribution is 2.08. The van der Waals surface area contributed by atoms with Crippen molar-refractivity contribution in [2.45, 2.75) is 20.4 Å². The van der Waals surface area contributed by atoms with Crippen molar-refractivity contribution < 1.29 is 9.18 Å². The van der Waals surface area contributed by atoms with Crippen molar-refractivity contribution in [3.05, 3.63) is 35.1 Å². The van der Waals surface area contributed by atoms with Crippen LogP contribution in [-0.2, 0) is 11.3 Å². The average Bonchev–Trinajstić information content (AvgIpc) is 2.24. The minimum Gasteiger partial charge on any atom is -0.355 e. The summed E-state index contributed by atoms with van der Waals surface area (Å²) in [4.78, 5) is 11.1. The van der Waals surface area contributed by atoms with Crippen LogP contribution < -0.4 is 10.6 Å². The Morgan fingerprint density at radius 2 is 2.19 bits per heavy atom. The Bertz CT molecular complexity index is 366. The van der Waals surface area contributed by atoms with Gasteiger partial charge in [0.25, 0.3) is 0 Å². The van der Waals surface area contributed by atoms with Crippen LogP contribution in [0.1, 0.15) is 18.1 Å². The zero-order valence-electron chi connectivity index (χ0n) is 9.64. The van der Waals surface area contributed by atoms with Crippen LogP contribution in [0.25, 0.3) is 0 Å². The zero-order valence-corrected chi connectivity index (χ0v) is 9.64. The molecule has 0 spiro atoms. The lowest BCUT2D eigenvalue weighted by atomic mass is 10.1. The van der Waals surface area contributed by atoms with Crippen LogP contribution >= 0.6 is 0 Å². The number of hydrogen-bond donors (Lipinski definition) is 2. The molecule has 0 atom stereocenters. The van der Waals surface area contributed by atoms with Gasteiger partial charge >= 0.3 is 0 Å². The highest BCUT2D eigenvalue weighted by Gasteiger charge is 2.01. The van der Waals surface area contributed by atoms with Gasteiger partial charge in [0, 0.05) is 13.1 Å². The number of likely N-dealkylation sites (N-methyl/N-ethyl adjacent to an activating group) is 1. The molecule has 4 heteroatoms. The molecule has 0 saturated heterocycles. The van der Waals surface area contributed by atoms with Crippen LogP contribution in [0.5, 0.6) is 0 Å². The molecular weight excluding hydrogens is 207 g/mol. The van der Waals surface area contributed by atoms with Crippen molar-refractivity contribution in [3.63, 3.8) is 0 Å². The fraction of sp³-hybridized carbons (Fsp3) is 0.417. The lowest BCUT2D eigenvalue weighted by molar-refractivity contribution is -0.120. The van der Waals surface area contributed by atoms with E-state index in [2.05, 4.69) is 10.6 Å². The SMILES string of the molecule is CCNC(=O)CNCc1ccc(C)c(F)c1. The topological polar surface area (TPSA) is 41.1 Å². The molecule has 0 aliphatic carbocycles. The molecule has 0 unspecified atom stereocenters. The highest BCUT2D eigenvalue weighted by atomic mass is 19.1. The number of aryl methyl sites for hydroxylation is 1. The van der Waals surface area contributed by atoms with Gasteiger partial charge in [-0.2, -0.15) is 0 Å². The maximum absolute atomic E-state index is 13.2. The van der Waals surface area contributed by atoms with Crippen LogP contribution in [0.4, 0.5) is 4.39 Å². The van der Waals surface area contributed by atoms with Gasteiger partial charge in [-0.3, -0.25) is 4.79 Å². The van der Waals surface area contributed by atoms with Crippen molar-refractivity contribution >= 4 is 5.91 Å². The van der Waals surface area contributed by atoms with Crippen molar-refractivity contribution in [1.82, 2.24) is 10.6 Å². The number of amides is 1. The number of nitrogens with one attached hydrogen (secondary N) is 2. The van der Waals surface area contributed by atoms with Crippen LogP contribution in [0.3, 0.4) is 0 Å². The quantitative estimate of drug-likeness (QED) is 0.793. The Hall–Kier alpha value is -1.42. The standard InChI is InChI=1S/C12H17FN2O/c1-3-15-12(16)8-14-7-10-5-4-9(2)11(13)6-10/h4-6,14H,3,7-8H2,1-2H3,(H,15,16).